The van der Waals surface area contributed by atoms with Crippen LogP contribution in [0.1, 0.15) is 23.1 Å². The van der Waals surface area contributed by atoms with Gasteiger partial charge in [0.1, 0.15) is 0 Å². The van der Waals surface area contributed by atoms with E-state index in [-0.39, 0.29) is 17.4 Å². The van der Waals surface area contributed by atoms with E-state index in [0.717, 1.165) is 32.7 Å². The summed E-state index contributed by atoms with van der Waals surface area (Å²) in [5, 5.41) is 0. The largest absolute Gasteiger partial charge is 0.342 e. The van der Waals surface area contributed by atoms with Crippen LogP contribution in [-0.2, 0) is 11.3 Å². The molecule has 0 aromatic carbocycles. The van der Waals surface area contributed by atoms with Crippen LogP contribution in [0.25, 0.3) is 0 Å². The second kappa shape index (κ2) is 7.56. The van der Waals surface area contributed by atoms with E-state index < -0.39 is 0 Å². The summed E-state index contributed by atoms with van der Waals surface area (Å²) in [6.45, 7) is 9.63. The molecule has 7 heteroatoms. The Kier molecular flexibility index (Phi) is 5.58. The molecule has 1 unspecified atom stereocenters. The number of carbonyl (C=O) groups is 2. The summed E-state index contributed by atoms with van der Waals surface area (Å²) in [6.07, 6.45) is 0.540. The minimum Gasteiger partial charge on any atom is -0.342 e. The number of urea groups is 1. The second-order valence-electron chi connectivity index (χ2n) is 7.91. The van der Waals surface area contributed by atoms with Gasteiger partial charge in [0.05, 0.1) is 0 Å². The van der Waals surface area contributed by atoms with E-state index in [1.54, 1.807) is 19.0 Å². The van der Waals surface area contributed by atoms with Crippen molar-refractivity contribution < 1.29 is 9.59 Å². The maximum Gasteiger partial charge on any atom is 0.319 e. The van der Waals surface area contributed by atoms with Crippen LogP contribution in [-0.4, -0.2) is 84.9 Å². The lowest BCUT2D eigenvalue weighted by molar-refractivity contribution is -0.127. The highest BCUT2D eigenvalue weighted by molar-refractivity contribution is 7.11. The Bertz CT molecular complexity index is 674. The van der Waals surface area contributed by atoms with Gasteiger partial charge in [0.25, 0.3) is 0 Å². The Labute approximate surface area is 160 Å². The summed E-state index contributed by atoms with van der Waals surface area (Å²) in [6, 6.07) is 4.40. The van der Waals surface area contributed by atoms with Crippen LogP contribution in [0.5, 0.6) is 0 Å². The van der Waals surface area contributed by atoms with Gasteiger partial charge in [0.15, 0.2) is 0 Å². The average molecular weight is 379 g/mol. The van der Waals surface area contributed by atoms with E-state index in [1.807, 2.05) is 28.1 Å². The molecule has 0 saturated carbocycles. The fourth-order valence-corrected chi connectivity index (χ4v) is 5.14. The zero-order valence-electron chi connectivity index (χ0n) is 16.3. The molecule has 3 rings (SSSR count). The third-order valence-corrected chi connectivity index (χ3v) is 6.37. The zero-order chi connectivity index (χ0) is 18.9. The van der Waals surface area contributed by atoms with Crippen molar-refractivity contribution in [1.29, 1.82) is 0 Å². The minimum atomic E-state index is -0.165. The molecular weight excluding hydrogens is 348 g/mol. The first-order chi connectivity index (χ1) is 12.3. The van der Waals surface area contributed by atoms with E-state index in [1.165, 1.54) is 9.75 Å². The van der Waals surface area contributed by atoms with Crippen molar-refractivity contribution in [3.63, 3.8) is 0 Å². The van der Waals surface area contributed by atoms with E-state index >= 15 is 0 Å². The van der Waals surface area contributed by atoms with Crippen LogP contribution in [0.4, 0.5) is 4.79 Å². The molecule has 0 bridgehead atoms. The van der Waals surface area contributed by atoms with Crippen molar-refractivity contribution in [1.82, 2.24) is 19.6 Å². The quantitative estimate of drug-likeness (QED) is 0.809. The van der Waals surface area contributed by atoms with Crippen LogP contribution >= 0.6 is 11.3 Å². The standard InChI is InChI=1S/C19H30N4O2S/c1-5-22-13-19(10-17(22)24)12-21(11-16-7-6-15(2)26-16)8-9-23(14-19)18(25)20(3)4/h6-7H,5,8-14H2,1-4H3. The Morgan fingerprint density at radius 2 is 2.00 bits per heavy atom. The van der Waals surface area contributed by atoms with E-state index in [9.17, 15) is 9.59 Å². The van der Waals surface area contributed by atoms with Gasteiger partial charge in [0, 0.05) is 81.5 Å². The third-order valence-electron chi connectivity index (χ3n) is 5.39. The lowest BCUT2D eigenvalue weighted by Gasteiger charge is -2.34. The zero-order valence-corrected chi connectivity index (χ0v) is 17.1. The molecule has 1 aromatic rings. The first-order valence-corrected chi connectivity index (χ1v) is 10.2. The summed E-state index contributed by atoms with van der Waals surface area (Å²) in [5.74, 6) is 0.221. The molecule has 26 heavy (non-hydrogen) atoms. The Morgan fingerprint density at radius 1 is 1.23 bits per heavy atom. The number of nitrogens with zero attached hydrogens (tertiary/aromatic N) is 4. The molecule has 3 heterocycles. The topological polar surface area (TPSA) is 47.1 Å². The third kappa shape index (κ3) is 4.04. The summed E-state index contributed by atoms with van der Waals surface area (Å²) < 4.78 is 0. The van der Waals surface area contributed by atoms with Crippen LogP contribution in [0.2, 0.25) is 0 Å². The predicted octanol–water partition coefficient (Wildman–Crippen LogP) is 2.09. The fraction of sp³-hybridized carbons (Fsp3) is 0.684. The molecule has 2 fully saturated rings. The number of thiophene rings is 1. The molecule has 144 valence electrons. The number of carbonyl (C=O) groups excluding carboxylic acids is 2. The number of aryl methyl sites for hydroxylation is 1. The van der Waals surface area contributed by atoms with Crippen molar-refractivity contribution in [3.05, 3.63) is 21.9 Å². The van der Waals surface area contributed by atoms with Gasteiger partial charge in [-0.15, -0.1) is 11.3 Å². The van der Waals surface area contributed by atoms with Crippen LogP contribution < -0.4 is 0 Å². The van der Waals surface area contributed by atoms with Crippen molar-refractivity contribution in [2.24, 2.45) is 5.41 Å². The predicted molar refractivity (Wildman–Crippen MR) is 104 cm³/mol. The Hall–Kier alpha value is -1.60. The summed E-state index contributed by atoms with van der Waals surface area (Å²) in [5.41, 5.74) is -0.165. The Balaban J connectivity index is 1.82. The molecular formula is C19H30N4O2S. The van der Waals surface area contributed by atoms with Gasteiger partial charge in [-0.25, -0.2) is 4.79 Å². The fourth-order valence-electron chi connectivity index (χ4n) is 4.20. The van der Waals surface area contributed by atoms with Gasteiger partial charge < -0.3 is 14.7 Å². The van der Waals surface area contributed by atoms with Gasteiger partial charge in [-0.2, -0.15) is 0 Å². The lowest BCUT2D eigenvalue weighted by Crippen LogP contribution is -2.47. The number of hydrogen-bond acceptors (Lipinski definition) is 4. The molecule has 2 saturated heterocycles. The highest BCUT2D eigenvalue weighted by Gasteiger charge is 2.46. The minimum absolute atomic E-state index is 0.0422. The highest BCUT2D eigenvalue weighted by Crippen LogP contribution is 2.36. The maximum absolute atomic E-state index is 12.6. The molecule has 6 nitrogen and oxygen atoms in total. The van der Waals surface area contributed by atoms with Crippen LogP contribution in [0, 0.1) is 12.3 Å². The van der Waals surface area contributed by atoms with E-state index in [2.05, 4.69) is 24.0 Å². The second-order valence-corrected chi connectivity index (χ2v) is 9.28. The van der Waals surface area contributed by atoms with Gasteiger partial charge in [-0.1, -0.05) is 0 Å². The number of amides is 3. The number of hydrogen-bond donors (Lipinski definition) is 0. The number of rotatable bonds is 3. The molecule has 0 N–H and O–H groups in total. The van der Waals surface area contributed by atoms with Gasteiger partial charge in [-0.05, 0) is 26.0 Å². The average Bonchev–Trinajstić information content (AvgIpc) is 3.07. The van der Waals surface area contributed by atoms with Crippen molar-refractivity contribution in [2.45, 2.75) is 26.8 Å². The number of likely N-dealkylation sites (tertiary alicyclic amines) is 1. The van der Waals surface area contributed by atoms with Crippen molar-refractivity contribution in [2.75, 3.05) is 53.4 Å². The van der Waals surface area contributed by atoms with Crippen LogP contribution in [0.3, 0.4) is 0 Å². The SMILES string of the molecule is CCN1CC2(CC1=O)CN(Cc1ccc(C)s1)CCN(C(=O)N(C)C)C2. The summed E-state index contributed by atoms with van der Waals surface area (Å²) in [4.78, 5) is 35.7. The molecule has 1 aromatic heterocycles. The monoisotopic (exact) mass is 378 g/mol. The molecule has 2 aliphatic rings. The van der Waals surface area contributed by atoms with E-state index in [0.29, 0.717) is 19.5 Å². The van der Waals surface area contributed by atoms with Crippen molar-refractivity contribution in [3.8, 4) is 0 Å². The van der Waals surface area contributed by atoms with Crippen LogP contribution in [0.15, 0.2) is 12.1 Å². The van der Waals surface area contributed by atoms with E-state index in [4.69, 9.17) is 0 Å². The molecule has 2 aliphatic heterocycles. The van der Waals surface area contributed by atoms with Gasteiger partial charge in [0.2, 0.25) is 5.91 Å². The first-order valence-electron chi connectivity index (χ1n) is 9.33. The van der Waals surface area contributed by atoms with Gasteiger partial charge >= 0.3 is 6.03 Å². The normalized spacial score (nSPS) is 24.4. The smallest absolute Gasteiger partial charge is 0.319 e. The summed E-state index contributed by atoms with van der Waals surface area (Å²) >= 11 is 1.83. The molecule has 1 atom stereocenters. The Morgan fingerprint density at radius 3 is 2.58 bits per heavy atom. The molecule has 0 radical (unpaired) electrons. The summed E-state index contributed by atoms with van der Waals surface area (Å²) in [7, 11) is 3.59. The molecule has 1 spiro atoms. The molecule has 3 amide bonds. The van der Waals surface area contributed by atoms with Gasteiger partial charge in [-0.3, -0.25) is 9.69 Å². The maximum atomic E-state index is 12.6. The first kappa shape index (κ1) is 19.2. The highest BCUT2D eigenvalue weighted by atomic mass is 32.1. The van der Waals surface area contributed by atoms with Crippen molar-refractivity contribution >= 4 is 23.3 Å². The molecule has 0 aliphatic carbocycles. The lowest BCUT2D eigenvalue weighted by atomic mass is 9.86.